The van der Waals surface area contributed by atoms with Crippen molar-refractivity contribution in [3.63, 3.8) is 0 Å². The lowest BCUT2D eigenvalue weighted by molar-refractivity contribution is -0.105. The van der Waals surface area contributed by atoms with Crippen LogP contribution < -0.4 is 0 Å². The molecule has 1 heteroatoms. The van der Waals surface area contributed by atoms with Crippen LogP contribution >= 0.6 is 0 Å². The highest BCUT2D eigenvalue weighted by atomic mass is 16.1. The number of carbonyl (C=O) groups excluding carboxylic acids is 1. The van der Waals surface area contributed by atoms with E-state index in [0.717, 1.165) is 18.3 Å². The van der Waals surface area contributed by atoms with Gasteiger partial charge in [0.05, 0.1) is 0 Å². The van der Waals surface area contributed by atoms with E-state index in [0.29, 0.717) is 0 Å². The molecule has 0 amide bonds. The van der Waals surface area contributed by atoms with Gasteiger partial charge < -0.3 is 0 Å². The van der Waals surface area contributed by atoms with Gasteiger partial charge in [0.2, 0.25) is 0 Å². The maximum absolute atomic E-state index is 10.1. The smallest absolute Gasteiger partial charge is 0.146 e. The van der Waals surface area contributed by atoms with Crippen LogP contribution in [0.1, 0.15) is 20.3 Å². The van der Waals surface area contributed by atoms with Crippen molar-refractivity contribution in [1.82, 2.24) is 0 Å². The Morgan fingerprint density at radius 2 is 2.11 bits per heavy atom. The van der Waals surface area contributed by atoms with Crippen molar-refractivity contribution in [1.29, 1.82) is 0 Å². The molecule has 0 aliphatic heterocycles. The maximum atomic E-state index is 10.1. The molecule has 0 aromatic heterocycles. The maximum Gasteiger partial charge on any atom is 0.146 e. The van der Waals surface area contributed by atoms with Crippen LogP contribution in [0.4, 0.5) is 0 Å². The molecule has 0 N–H and O–H groups in total. The minimum Gasteiger partial charge on any atom is -0.298 e. The molecule has 0 aromatic rings. The van der Waals surface area contributed by atoms with Gasteiger partial charge in [-0.2, -0.15) is 0 Å². The molecule has 0 bridgehead atoms. The summed E-state index contributed by atoms with van der Waals surface area (Å²) in [5.41, 5.74) is 0.841. The molecular weight excluding hydrogens is 112 g/mol. The second-order valence-corrected chi connectivity index (χ2v) is 1.75. The lowest BCUT2D eigenvalue weighted by Crippen LogP contribution is -1.79. The molecule has 0 fully saturated rings. The molecule has 0 spiro atoms. The van der Waals surface area contributed by atoms with E-state index in [1.807, 2.05) is 32.1 Å². The van der Waals surface area contributed by atoms with Crippen LogP contribution in [0.5, 0.6) is 0 Å². The molecule has 0 atom stereocenters. The second-order valence-electron chi connectivity index (χ2n) is 1.75. The molecule has 0 aliphatic carbocycles. The Balaban J connectivity index is 3.71. The highest BCUT2D eigenvalue weighted by molar-refractivity contribution is 5.73. The molecule has 0 aromatic carbocycles. The summed E-state index contributed by atoms with van der Waals surface area (Å²) in [5, 5.41) is 0. The molecule has 0 saturated heterocycles. The Morgan fingerprint density at radius 3 is 2.44 bits per heavy atom. The molecule has 0 unspecified atom stereocenters. The molecule has 0 aliphatic rings. The SMILES string of the molecule is C/C=C\C/C(C=O)=C\C. The average molecular weight is 124 g/mol. The zero-order chi connectivity index (χ0) is 7.11. The lowest BCUT2D eigenvalue weighted by Gasteiger charge is -1.87. The first kappa shape index (κ1) is 8.15. The van der Waals surface area contributed by atoms with Crippen molar-refractivity contribution in [2.45, 2.75) is 20.3 Å². The fourth-order valence-electron chi connectivity index (χ4n) is 0.488. The van der Waals surface area contributed by atoms with Crippen LogP contribution in [0.2, 0.25) is 0 Å². The highest BCUT2D eigenvalue weighted by Gasteiger charge is 1.85. The summed E-state index contributed by atoms with van der Waals surface area (Å²) in [4.78, 5) is 10.1. The summed E-state index contributed by atoms with van der Waals surface area (Å²) in [7, 11) is 0. The number of allylic oxidation sites excluding steroid dienone is 4. The van der Waals surface area contributed by atoms with E-state index in [-0.39, 0.29) is 0 Å². The number of carbonyl (C=O) groups is 1. The summed E-state index contributed by atoms with van der Waals surface area (Å²) < 4.78 is 0. The van der Waals surface area contributed by atoms with Gasteiger partial charge >= 0.3 is 0 Å². The minimum absolute atomic E-state index is 0.760. The van der Waals surface area contributed by atoms with Gasteiger partial charge in [-0.3, -0.25) is 4.79 Å². The Kier molecular flexibility index (Phi) is 4.79. The van der Waals surface area contributed by atoms with E-state index < -0.39 is 0 Å². The van der Waals surface area contributed by atoms with E-state index in [9.17, 15) is 4.79 Å². The topological polar surface area (TPSA) is 17.1 Å². The number of hydrogen-bond donors (Lipinski definition) is 0. The fraction of sp³-hybridized carbons (Fsp3) is 0.375. The lowest BCUT2D eigenvalue weighted by atomic mass is 10.2. The third-order valence-electron chi connectivity index (χ3n) is 1.11. The summed E-state index contributed by atoms with van der Waals surface area (Å²) in [6.45, 7) is 3.81. The Morgan fingerprint density at radius 1 is 1.44 bits per heavy atom. The molecule has 9 heavy (non-hydrogen) atoms. The van der Waals surface area contributed by atoms with Crippen LogP contribution in [0, 0.1) is 0 Å². The van der Waals surface area contributed by atoms with E-state index >= 15 is 0 Å². The van der Waals surface area contributed by atoms with Gasteiger partial charge in [-0.05, 0) is 25.8 Å². The average Bonchev–Trinajstić information content (AvgIpc) is 1.91. The van der Waals surface area contributed by atoms with Crippen molar-refractivity contribution < 1.29 is 4.79 Å². The summed E-state index contributed by atoms with van der Waals surface area (Å²) in [6.07, 6.45) is 7.38. The van der Waals surface area contributed by atoms with E-state index in [4.69, 9.17) is 0 Å². The van der Waals surface area contributed by atoms with E-state index in [2.05, 4.69) is 0 Å². The largest absolute Gasteiger partial charge is 0.298 e. The zero-order valence-electron chi connectivity index (χ0n) is 5.92. The molecular formula is C8H12O. The second kappa shape index (κ2) is 5.29. The molecule has 1 nitrogen and oxygen atoms in total. The van der Waals surface area contributed by atoms with Crippen molar-refractivity contribution in [3.8, 4) is 0 Å². The minimum atomic E-state index is 0.760. The van der Waals surface area contributed by atoms with Crippen molar-refractivity contribution in [3.05, 3.63) is 23.8 Å². The van der Waals surface area contributed by atoms with E-state index in [1.54, 1.807) is 0 Å². The van der Waals surface area contributed by atoms with E-state index in [1.165, 1.54) is 0 Å². The van der Waals surface area contributed by atoms with Crippen molar-refractivity contribution >= 4 is 6.29 Å². The summed E-state index contributed by atoms with van der Waals surface area (Å²) >= 11 is 0. The fourth-order valence-corrected chi connectivity index (χ4v) is 0.488. The Labute approximate surface area is 56.1 Å². The number of aldehydes is 1. The first-order valence-electron chi connectivity index (χ1n) is 3.06. The number of hydrogen-bond acceptors (Lipinski definition) is 1. The normalized spacial score (nSPS) is 12.4. The molecule has 0 radical (unpaired) electrons. The van der Waals surface area contributed by atoms with Gasteiger partial charge in [0.15, 0.2) is 0 Å². The molecule has 0 saturated carbocycles. The predicted octanol–water partition coefficient (Wildman–Crippen LogP) is 2.10. The van der Waals surface area contributed by atoms with Gasteiger partial charge in [0.25, 0.3) is 0 Å². The van der Waals surface area contributed by atoms with Crippen LogP contribution in [0.15, 0.2) is 23.8 Å². The Hall–Kier alpha value is -0.850. The Bertz CT molecular complexity index is 132. The van der Waals surface area contributed by atoms with Crippen LogP contribution in [0.25, 0.3) is 0 Å². The molecule has 50 valence electrons. The molecule has 0 rings (SSSR count). The third kappa shape index (κ3) is 3.71. The highest BCUT2D eigenvalue weighted by Crippen LogP contribution is 1.96. The number of rotatable bonds is 3. The predicted molar refractivity (Wildman–Crippen MR) is 39.3 cm³/mol. The summed E-state index contributed by atoms with van der Waals surface area (Å²) in [5.74, 6) is 0. The molecule has 0 heterocycles. The first-order chi connectivity index (χ1) is 4.35. The van der Waals surface area contributed by atoms with Gasteiger partial charge in [-0.25, -0.2) is 0 Å². The standard InChI is InChI=1S/C8H12O/c1-3-5-6-8(4-2)7-9/h3-5,7H,6H2,1-2H3/b5-3-,8-4+. The van der Waals surface area contributed by atoms with Crippen molar-refractivity contribution in [2.24, 2.45) is 0 Å². The van der Waals surface area contributed by atoms with Gasteiger partial charge in [0, 0.05) is 0 Å². The van der Waals surface area contributed by atoms with Gasteiger partial charge in [0.1, 0.15) is 6.29 Å². The van der Waals surface area contributed by atoms with Crippen LogP contribution in [-0.4, -0.2) is 6.29 Å². The van der Waals surface area contributed by atoms with Gasteiger partial charge in [-0.1, -0.05) is 18.2 Å². The monoisotopic (exact) mass is 124 g/mol. The first-order valence-corrected chi connectivity index (χ1v) is 3.06. The summed E-state index contributed by atoms with van der Waals surface area (Å²) in [6, 6.07) is 0. The third-order valence-corrected chi connectivity index (χ3v) is 1.11. The zero-order valence-corrected chi connectivity index (χ0v) is 5.92. The van der Waals surface area contributed by atoms with Gasteiger partial charge in [-0.15, -0.1) is 0 Å². The van der Waals surface area contributed by atoms with Crippen molar-refractivity contribution in [2.75, 3.05) is 0 Å². The quantitative estimate of drug-likeness (QED) is 0.320. The van der Waals surface area contributed by atoms with Crippen LogP contribution in [-0.2, 0) is 4.79 Å². The van der Waals surface area contributed by atoms with Crippen LogP contribution in [0.3, 0.4) is 0 Å².